The molecule has 6 nitrogen and oxygen atoms in total. The number of ether oxygens (including phenoxy) is 1. The van der Waals surface area contributed by atoms with Crippen LogP contribution in [0.25, 0.3) is 0 Å². The van der Waals surface area contributed by atoms with E-state index in [0.29, 0.717) is 28.3 Å². The van der Waals surface area contributed by atoms with Crippen molar-refractivity contribution in [3.8, 4) is 10.8 Å². The van der Waals surface area contributed by atoms with Gasteiger partial charge in [-0.1, -0.05) is 0 Å². The molecular weight excluding hydrogens is 374 g/mol. The molecule has 3 fully saturated rings. The lowest BCUT2D eigenvalue weighted by Crippen LogP contribution is -2.62. The van der Waals surface area contributed by atoms with E-state index >= 15 is 0 Å². The highest BCUT2D eigenvalue weighted by molar-refractivity contribution is 7.12. The van der Waals surface area contributed by atoms with Gasteiger partial charge >= 0.3 is 0 Å². The van der Waals surface area contributed by atoms with Crippen molar-refractivity contribution in [3.63, 3.8) is 0 Å². The minimum atomic E-state index is -0.114. The maximum absolute atomic E-state index is 12.7. The monoisotopic (exact) mass is 399 g/mol. The maximum Gasteiger partial charge on any atom is 0.251 e. The molecule has 0 aliphatic carbocycles. The van der Waals surface area contributed by atoms with Gasteiger partial charge in [-0.25, -0.2) is 0 Å². The van der Waals surface area contributed by atoms with E-state index < -0.39 is 0 Å². The van der Waals surface area contributed by atoms with Crippen LogP contribution in [0.1, 0.15) is 37.0 Å². The summed E-state index contributed by atoms with van der Waals surface area (Å²) in [7, 11) is 0. The van der Waals surface area contributed by atoms with Crippen LogP contribution in [0.2, 0.25) is 0 Å². The molecule has 0 unspecified atom stereocenters. The predicted octanol–water partition coefficient (Wildman–Crippen LogP) is 3.71. The maximum atomic E-state index is 12.7. The Labute approximate surface area is 168 Å². The van der Waals surface area contributed by atoms with Crippen molar-refractivity contribution < 1.29 is 14.3 Å². The smallest absolute Gasteiger partial charge is 0.251 e. The van der Waals surface area contributed by atoms with Gasteiger partial charge in [0, 0.05) is 36.0 Å². The summed E-state index contributed by atoms with van der Waals surface area (Å²) in [6, 6.07) is 9.58. The normalized spacial score (nSPS) is 25.9. The first-order valence-corrected chi connectivity index (χ1v) is 10.6. The van der Waals surface area contributed by atoms with Crippen molar-refractivity contribution in [2.24, 2.45) is 5.92 Å². The molecule has 5 rings (SSSR count). The fourth-order valence-electron chi connectivity index (χ4n) is 4.21. The minimum Gasteiger partial charge on any atom is -0.447 e. The number of amides is 2. The molecule has 2 bridgehead atoms. The molecule has 1 aromatic carbocycles. The Hall–Kier alpha value is -2.38. The van der Waals surface area contributed by atoms with Gasteiger partial charge in [-0.15, -0.1) is 11.3 Å². The molecule has 0 saturated carbocycles. The highest BCUT2D eigenvalue weighted by Gasteiger charge is 2.40. The SMILES string of the molecule is CC(=O)Nc1csc(Oc2ccc(C(=O)N[C@@H]3C4CCN(CC4)[C@@H]3C)cc2)c1. The lowest BCUT2D eigenvalue weighted by molar-refractivity contribution is -0.114. The number of anilines is 1. The molecule has 3 aliphatic rings. The summed E-state index contributed by atoms with van der Waals surface area (Å²) < 4.78 is 5.81. The number of hydrogen-bond donors (Lipinski definition) is 2. The van der Waals surface area contributed by atoms with E-state index in [4.69, 9.17) is 4.74 Å². The summed E-state index contributed by atoms with van der Waals surface area (Å²) in [6.45, 7) is 5.98. The van der Waals surface area contributed by atoms with Crippen LogP contribution < -0.4 is 15.4 Å². The Balaban J connectivity index is 1.37. The Bertz CT molecular complexity index is 854. The fourth-order valence-corrected chi connectivity index (χ4v) is 4.92. The van der Waals surface area contributed by atoms with Crippen molar-refractivity contribution in [1.29, 1.82) is 0 Å². The first kappa shape index (κ1) is 19.0. The molecule has 7 heteroatoms. The number of fused-ring (bicyclic) bond motifs is 3. The zero-order valence-corrected chi connectivity index (χ0v) is 16.9. The van der Waals surface area contributed by atoms with E-state index in [0.717, 1.165) is 18.8 Å². The van der Waals surface area contributed by atoms with Crippen LogP contribution in [0.4, 0.5) is 5.69 Å². The Morgan fingerprint density at radius 2 is 1.89 bits per heavy atom. The Kier molecular flexibility index (Phi) is 5.37. The standard InChI is InChI=1S/C21H25N3O3S/c1-13-20(15-7-9-24(13)10-8-15)23-21(26)16-3-5-18(6-4-16)27-19-11-17(12-28-19)22-14(2)25/h3-6,11-13,15,20H,7-10H2,1-2H3,(H,22,25)(H,23,26)/t13-,20+/m1/s1. The van der Waals surface area contributed by atoms with Crippen molar-refractivity contribution in [1.82, 2.24) is 10.2 Å². The summed E-state index contributed by atoms with van der Waals surface area (Å²) in [5.74, 6) is 1.10. The highest BCUT2D eigenvalue weighted by Crippen LogP contribution is 2.33. The van der Waals surface area contributed by atoms with Gasteiger partial charge in [-0.05, 0) is 63.0 Å². The third-order valence-electron chi connectivity index (χ3n) is 5.71. The van der Waals surface area contributed by atoms with Crippen molar-refractivity contribution in [3.05, 3.63) is 41.3 Å². The summed E-state index contributed by atoms with van der Waals surface area (Å²) in [5, 5.41) is 8.48. The van der Waals surface area contributed by atoms with Crippen LogP contribution in [-0.4, -0.2) is 41.9 Å². The molecule has 3 saturated heterocycles. The molecule has 1 aromatic heterocycles. The lowest BCUT2D eigenvalue weighted by atomic mass is 9.79. The zero-order chi connectivity index (χ0) is 19.7. The quantitative estimate of drug-likeness (QED) is 0.804. The van der Waals surface area contributed by atoms with Crippen molar-refractivity contribution in [2.45, 2.75) is 38.8 Å². The molecule has 0 spiro atoms. The first-order valence-electron chi connectivity index (χ1n) is 9.68. The first-order chi connectivity index (χ1) is 13.5. The van der Waals surface area contributed by atoms with Gasteiger partial charge in [0.2, 0.25) is 5.91 Å². The van der Waals surface area contributed by atoms with Crippen LogP contribution in [0, 0.1) is 5.92 Å². The van der Waals surface area contributed by atoms with Gasteiger partial charge in [-0.2, -0.15) is 0 Å². The molecule has 0 radical (unpaired) electrons. The Morgan fingerprint density at radius 3 is 2.54 bits per heavy atom. The summed E-state index contributed by atoms with van der Waals surface area (Å²) >= 11 is 1.41. The molecule has 2 N–H and O–H groups in total. The molecular formula is C21H25N3O3S. The minimum absolute atomic E-state index is 0.0266. The van der Waals surface area contributed by atoms with Gasteiger partial charge in [0.05, 0.1) is 5.69 Å². The number of piperidine rings is 3. The lowest BCUT2D eigenvalue weighted by Gasteiger charge is -2.49. The average molecular weight is 400 g/mol. The molecule has 148 valence electrons. The van der Waals surface area contributed by atoms with Gasteiger partial charge in [0.1, 0.15) is 5.75 Å². The number of carbonyl (C=O) groups excluding carboxylic acids is 2. The van der Waals surface area contributed by atoms with Gasteiger partial charge in [0.25, 0.3) is 5.91 Å². The Morgan fingerprint density at radius 1 is 1.18 bits per heavy atom. The van der Waals surface area contributed by atoms with E-state index in [1.54, 1.807) is 30.3 Å². The van der Waals surface area contributed by atoms with Crippen LogP contribution in [-0.2, 0) is 4.79 Å². The highest BCUT2D eigenvalue weighted by atomic mass is 32.1. The predicted molar refractivity (Wildman–Crippen MR) is 110 cm³/mol. The summed E-state index contributed by atoms with van der Waals surface area (Å²) in [5.41, 5.74) is 1.36. The van der Waals surface area contributed by atoms with Crippen molar-refractivity contribution >= 4 is 28.8 Å². The van der Waals surface area contributed by atoms with Crippen LogP contribution in [0.15, 0.2) is 35.7 Å². The summed E-state index contributed by atoms with van der Waals surface area (Å²) in [4.78, 5) is 26.3. The van der Waals surface area contributed by atoms with Gasteiger partial charge in [0.15, 0.2) is 5.06 Å². The van der Waals surface area contributed by atoms with Gasteiger partial charge in [-0.3, -0.25) is 14.5 Å². The third kappa shape index (κ3) is 4.05. The second-order valence-corrected chi connectivity index (χ2v) is 8.45. The number of thiophene rings is 1. The van der Waals surface area contributed by atoms with E-state index in [2.05, 4.69) is 22.5 Å². The summed E-state index contributed by atoms with van der Waals surface area (Å²) in [6.07, 6.45) is 2.34. The molecule has 2 amide bonds. The van der Waals surface area contributed by atoms with E-state index in [1.807, 2.05) is 5.38 Å². The topological polar surface area (TPSA) is 70.7 Å². The average Bonchev–Trinajstić information content (AvgIpc) is 3.11. The molecule has 28 heavy (non-hydrogen) atoms. The molecule has 4 heterocycles. The zero-order valence-electron chi connectivity index (χ0n) is 16.1. The third-order valence-corrected chi connectivity index (χ3v) is 6.51. The van der Waals surface area contributed by atoms with Crippen molar-refractivity contribution in [2.75, 3.05) is 18.4 Å². The largest absolute Gasteiger partial charge is 0.447 e. The van der Waals surface area contributed by atoms with Crippen LogP contribution in [0.3, 0.4) is 0 Å². The molecule has 2 aromatic rings. The number of hydrogen-bond acceptors (Lipinski definition) is 5. The van der Waals surface area contributed by atoms with E-state index in [9.17, 15) is 9.59 Å². The number of benzene rings is 1. The molecule has 3 aliphatic heterocycles. The van der Waals surface area contributed by atoms with E-state index in [-0.39, 0.29) is 17.9 Å². The number of rotatable bonds is 5. The number of carbonyl (C=O) groups is 2. The number of nitrogens with one attached hydrogen (secondary N) is 2. The van der Waals surface area contributed by atoms with Crippen LogP contribution in [0.5, 0.6) is 10.8 Å². The van der Waals surface area contributed by atoms with Gasteiger partial charge < -0.3 is 15.4 Å². The fraction of sp³-hybridized carbons (Fsp3) is 0.429. The molecule has 2 atom stereocenters. The second kappa shape index (κ2) is 7.93. The number of nitrogens with zero attached hydrogens (tertiary/aromatic N) is 1. The second-order valence-electron chi connectivity index (χ2n) is 7.58. The van der Waals surface area contributed by atoms with Crippen LogP contribution >= 0.6 is 11.3 Å². The van der Waals surface area contributed by atoms with E-state index in [1.165, 1.54) is 31.1 Å².